The Hall–Kier alpha value is -3.13. The molecule has 0 unspecified atom stereocenters. The van der Waals surface area contributed by atoms with Crippen molar-refractivity contribution < 1.29 is 14.6 Å². The average molecular weight is 370 g/mol. The Balaban J connectivity index is 2.05. The standard InChI is InChI=1S/C19H22N4O4/c1-12(24)9-21(2)18(25)15-10-23-11-16(22(3)19(26)17(23)20-15)13-5-7-14(27-4)8-6-13/h5-8,10-12,24H,9H2,1-4H3/t12-/m0/s1. The average Bonchev–Trinajstić information content (AvgIpc) is 3.08. The van der Waals surface area contributed by atoms with E-state index >= 15 is 0 Å². The number of fused-ring (bicyclic) bond motifs is 1. The molecule has 2 aromatic heterocycles. The smallest absolute Gasteiger partial charge is 0.294 e. The molecule has 0 radical (unpaired) electrons. The van der Waals surface area contributed by atoms with Gasteiger partial charge >= 0.3 is 0 Å². The van der Waals surface area contributed by atoms with Crippen LogP contribution >= 0.6 is 0 Å². The first kappa shape index (κ1) is 18.7. The number of likely N-dealkylation sites (N-methyl/N-ethyl adjacent to an activating group) is 1. The van der Waals surface area contributed by atoms with Gasteiger partial charge < -0.3 is 19.3 Å². The Labute approximate surface area is 156 Å². The third-order valence-corrected chi connectivity index (χ3v) is 4.34. The molecule has 3 aromatic rings. The summed E-state index contributed by atoms with van der Waals surface area (Å²) in [7, 11) is 4.84. The first-order valence-electron chi connectivity index (χ1n) is 8.48. The van der Waals surface area contributed by atoms with Crippen molar-refractivity contribution in [2.45, 2.75) is 13.0 Å². The molecule has 0 saturated carbocycles. The van der Waals surface area contributed by atoms with E-state index in [1.165, 1.54) is 15.7 Å². The van der Waals surface area contributed by atoms with Crippen molar-refractivity contribution >= 4 is 11.6 Å². The summed E-state index contributed by atoms with van der Waals surface area (Å²) in [5.74, 6) is 0.370. The second-order valence-electron chi connectivity index (χ2n) is 6.50. The summed E-state index contributed by atoms with van der Waals surface area (Å²) >= 11 is 0. The minimum atomic E-state index is -0.648. The van der Waals surface area contributed by atoms with Gasteiger partial charge in [0.05, 0.1) is 18.9 Å². The maximum absolute atomic E-state index is 12.7. The molecule has 1 amide bonds. The molecule has 8 nitrogen and oxygen atoms in total. The predicted molar refractivity (Wildman–Crippen MR) is 101 cm³/mol. The predicted octanol–water partition coefficient (Wildman–Crippen LogP) is 1.16. The third kappa shape index (κ3) is 3.56. The second-order valence-corrected chi connectivity index (χ2v) is 6.50. The Kier molecular flexibility index (Phi) is 5.00. The van der Waals surface area contributed by atoms with Gasteiger partial charge in [-0.25, -0.2) is 4.98 Å². The SMILES string of the molecule is COc1ccc(-c2cn3cc(C(=O)N(C)C[C@H](C)O)nc3c(=O)n2C)cc1. The molecule has 0 fully saturated rings. The number of hydrogen-bond donors (Lipinski definition) is 1. The summed E-state index contributed by atoms with van der Waals surface area (Å²) in [5.41, 5.74) is 1.54. The van der Waals surface area contributed by atoms with Crippen molar-refractivity contribution in [1.29, 1.82) is 0 Å². The highest BCUT2D eigenvalue weighted by Crippen LogP contribution is 2.21. The number of aliphatic hydroxyl groups is 1. The zero-order valence-corrected chi connectivity index (χ0v) is 15.7. The molecule has 1 aromatic carbocycles. The number of amides is 1. The highest BCUT2D eigenvalue weighted by molar-refractivity contribution is 5.92. The van der Waals surface area contributed by atoms with Gasteiger partial charge in [-0.1, -0.05) is 0 Å². The van der Waals surface area contributed by atoms with Crippen molar-refractivity contribution in [3.63, 3.8) is 0 Å². The molecule has 8 heteroatoms. The summed E-state index contributed by atoms with van der Waals surface area (Å²) in [5, 5.41) is 9.46. The monoisotopic (exact) mass is 370 g/mol. The van der Waals surface area contributed by atoms with Gasteiger partial charge in [0.25, 0.3) is 11.5 Å². The fourth-order valence-corrected chi connectivity index (χ4v) is 2.94. The first-order chi connectivity index (χ1) is 12.8. The number of aliphatic hydroxyl groups excluding tert-OH is 1. The fourth-order valence-electron chi connectivity index (χ4n) is 2.94. The van der Waals surface area contributed by atoms with Crippen LogP contribution < -0.4 is 10.3 Å². The molecule has 3 rings (SSSR count). The van der Waals surface area contributed by atoms with Gasteiger partial charge in [0, 0.05) is 38.6 Å². The molecule has 2 heterocycles. The molecule has 1 atom stereocenters. The van der Waals surface area contributed by atoms with E-state index in [9.17, 15) is 14.7 Å². The van der Waals surface area contributed by atoms with Crippen LogP contribution in [0.15, 0.2) is 41.5 Å². The number of carbonyl (C=O) groups excluding carboxylic acids is 1. The number of methoxy groups -OCH3 is 1. The highest BCUT2D eigenvalue weighted by Gasteiger charge is 2.19. The van der Waals surface area contributed by atoms with Gasteiger partial charge in [-0.05, 0) is 31.2 Å². The molecular weight excluding hydrogens is 348 g/mol. The summed E-state index contributed by atoms with van der Waals surface area (Å²) in [4.78, 5) is 30.8. The quantitative estimate of drug-likeness (QED) is 0.728. The van der Waals surface area contributed by atoms with E-state index in [0.29, 0.717) is 5.69 Å². The zero-order chi connectivity index (χ0) is 19.7. The summed E-state index contributed by atoms with van der Waals surface area (Å²) < 4.78 is 8.22. The van der Waals surface area contributed by atoms with E-state index in [1.54, 1.807) is 38.7 Å². The number of ether oxygens (including phenoxy) is 1. The van der Waals surface area contributed by atoms with Gasteiger partial charge in [0.15, 0.2) is 0 Å². The van der Waals surface area contributed by atoms with Crippen LogP contribution in [0.1, 0.15) is 17.4 Å². The molecule has 0 aliphatic heterocycles. The molecule has 1 N–H and O–H groups in total. The maximum Gasteiger partial charge on any atom is 0.294 e. The van der Waals surface area contributed by atoms with Gasteiger partial charge in [-0.2, -0.15) is 0 Å². The van der Waals surface area contributed by atoms with Gasteiger partial charge in [-0.15, -0.1) is 0 Å². The second kappa shape index (κ2) is 7.24. The highest BCUT2D eigenvalue weighted by atomic mass is 16.5. The van der Waals surface area contributed by atoms with Gasteiger partial charge in [-0.3, -0.25) is 14.0 Å². The molecule has 0 bridgehead atoms. The van der Waals surface area contributed by atoms with Crippen molar-refractivity contribution in [3.05, 3.63) is 52.7 Å². The summed E-state index contributed by atoms with van der Waals surface area (Å²) in [6.45, 7) is 1.78. The number of hydrogen-bond acceptors (Lipinski definition) is 5. The van der Waals surface area contributed by atoms with Crippen LogP contribution in [-0.4, -0.2) is 56.7 Å². The van der Waals surface area contributed by atoms with Crippen molar-refractivity contribution in [1.82, 2.24) is 18.9 Å². The van der Waals surface area contributed by atoms with E-state index in [0.717, 1.165) is 11.3 Å². The Bertz CT molecular complexity index is 1030. The van der Waals surface area contributed by atoms with Crippen LogP contribution in [0.25, 0.3) is 16.9 Å². The molecule has 27 heavy (non-hydrogen) atoms. The van der Waals surface area contributed by atoms with Crippen LogP contribution in [-0.2, 0) is 7.05 Å². The van der Waals surface area contributed by atoms with Gasteiger partial charge in [0.1, 0.15) is 11.4 Å². The van der Waals surface area contributed by atoms with E-state index in [2.05, 4.69) is 4.98 Å². The van der Waals surface area contributed by atoms with Crippen LogP contribution in [0.4, 0.5) is 0 Å². The summed E-state index contributed by atoms with van der Waals surface area (Å²) in [6.07, 6.45) is 2.65. The lowest BCUT2D eigenvalue weighted by Gasteiger charge is -2.17. The Morgan fingerprint density at radius 1 is 1.30 bits per heavy atom. The number of imidazole rings is 1. The zero-order valence-electron chi connectivity index (χ0n) is 15.7. The Morgan fingerprint density at radius 3 is 2.56 bits per heavy atom. The molecule has 0 aliphatic rings. The van der Waals surface area contributed by atoms with Crippen molar-refractivity contribution in [3.8, 4) is 17.0 Å². The third-order valence-electron chi connectivity index (χ3n) is 4.34. The number of rotatable bonds is 5. The number of carbonyl (C=O) groups is 1. The number of aromatic nitrogens is 3. The number of benzene rings is 1. The molecular formula is C19H22N4O4. The number of nitrogens with zero attached hydrogens (tertiary/aromatic N) is 4. The van der Waals surface area contributed by atoms with Crippen LogP contribution in [0.3, 0.4) is 0 Å². The lowest BCUT2D eigenvalue weighted by atomic mass is 10.1. The first-order valence-corrected chi connectivity index (χ1v) is 8.48. The minimum absolute atomic E-state index is 0.155. The lowest BCUT2D eigenvalue weighted by Crippen LogP contribution is -2.33. The van der Waals surface area contributed by atoms with E-state index in [4.69, 9.17) is 4.74 Å². The van der Waals surface area contributed by atoms with Crippen LogP contribution in [0.5, 0.6) is 5.75 Å². The largest absolute Gasteiger partial charge is 0.497 e. The van der Waals surface area contributed by atoms with E-state index < -0.39 is 6.10 Å². The van der Waals surface area contributed by atoms with Crippen molar-refractivity contribution in [2.75, 3.05) is 20.7 Å². The normalized spacial score (nSPS) is 12.2. The Morgan fingerprint density at radius 2 is 1.96 bits per heavy atom. The van der Waals surface area contributed by atoms with Crippen molar-refractivity contribution in [2.24, 2.45) is 7.05 Å². The molecule has 0 saturated heterocycles. The van der Waals surface area contributed by atoms with E-state index in [-0.39, 0.29) is 29.4 Å². The van der Waals surface area contributed by atoms with Gasteiger partial charge in [0.2, 0.25) is 5.65 Å². The van der Waals surface area contributed by atoms with Crippen LogP contribution in [0.2, 0.25) is 0 Å². The maximum atomic E-state index is 12.7. The molecule has 142 valence electrons. The topological polar surface area (TPSA) is 89.1 Å². The fraction of sp³-hybridized carbons (Fsp3) is 0.316. The molecule has 0 spiro atoms. The molecule has 0 aliphatic carbocycles. The summed E-state index contributed by atoms with van der Waals surface area (Å²) in [6, 6.07) is 7.35. The minimum Gasteiger partial charge on any atom is -0.497 e. The van der Waals surface area contributed by atoms with Crippen LogP contribution in [0, 0.1) is 0 Å². The van der Waals surface area contributed by atoms with E-state index in [1.807, 2.05) is 24.3 Å². The lowest BCUT2D eigenvalue weighted by molar-refractivity contribution is 0.0699.